The Morgan fingerprint density at radius 3 is 0.841 bits per heavy atom. The van der Waals surface area contributed by atoms with Crippen molar-refractivity contribution >= 4 is 17.9 Å². The SMILES string of the molecule is CCCCC/C=C\C/C=C\CCCCCCCCCCCC(=O)OCC(COC(=O)CCCCCCC/C=C\CCCCCCC)OC(=O)CCCCCCCCCCCCCCCCCCCC. The zero-order valence-corrected chi connectivity index (χ0v) is 46.3. The van der Waals surface area contributed by atoms with Crippen molar-refractivity contribution in [3.63, 3.8) is 0 Å². The van der Waals surface area contributed by atoms with E-state index in [1.54, 1.807) is 0 Å². The lowest BCUT2D eigenvalue weighted by atomic mass is 10.0. The highest BCUT2D eigenvalue weighted by atomic mass is 16.6. The van der Waals surface area contributed by atoms with E-state index in [0.717, 1.165) is 70.6 Å². The van der Waals surface area contributed by atoms with Gasteiger partial charge in [-0.2, -0.15) is 0 Å². The van der Waals surface area contributed by atoms with E-state index in [0.29, 0.717) is 19.3 Å². The summed E-state index contributed by atoms with van der Waals surface area (Å²) in [6.45, 7) is 6.65. The third-order valence-electron chi connectivity index (χ3n) is 13.6. The van der Waals surface area contributed by atoms with Crippen LogP contribution in [0, 0.1) is 0 Å². The Kier molecular flexibility index (Phi) is 56.2. The van der Waals surface area contributed by atoms with Gasteiger partial charge in [-0.15, -0.1) is 0 Å². The van der Waals surface area contributed by atoms with Crippen LogP contribution in [0.3, 0.4) is 0 Å². The van der Waals surface area contributed by atoms with E-state index in [4.69, 9.17) is 14.2 Å². The molecule has 1 unspecified atom stereocenters. The van der Waals surface area contributed by atoms with Crippen molar-refractivity contribution in [2.24, 2.45) is 0 Å². The van der Waals surface area contributed by atoms with Gasteiger partial charge in [-0.1, -0.05) is 269 Å². The van der Waals surface area contributed by atoms with Crippen LogP contribution >= 0.6 is 0 Å². The number of ether oxygens (including phenoxy) is 3. The van der Waals surface area contributed by atoms with Crippen molar-refractivity contribution in [3.05, 3.63) is 36.5 Å². The van der Waals surface area contributed by atoms with Gasteiger partial charge in [0, 0.05) is 19.3 Å². The van der Waals surface area contributed by atoms with Crippen molar-refractivity contribution in [1.82, 2.24) is 0 Å². The Labute approximate surface area is 429 Å². The Balaban J connectivity index is 4.33. The van der Waals surface area contributed by atoms with Crippen LogP contribution in [0.5, 0.6) is 0 Å². The largest absolute Gasteiger partial charge is 0.462 e. The molecule has 0 amide bonds. The standard InChI is InChI=1S/C63H116O6/c1-4-7-10-13-16-19-22-25-28-30-32-34-35-38-41-44-47-50-53-56-62(65)68-59-60(58-67-61(64)55-52-49-46-43-40-37-27-24-21-18-15-12-9-6-3)69-63(66)57-54-51-48-45-42-39-36-33-31-29-26-23-20-17-14-11-8-5-2/h16,19,24-25,27-28,60H,4-15,17-18,20-23,26,29-59H2,1-3H3/b19-16-,27-24-,28-25-. The second-order valence-corrected chi connectivity index (χ2v) is 20.6. The van der Waals surface area contributed by atoms with Crippen LogP contribution in [0.1, 0.15) is 329 Å². The summed E-state index contributed by atoms with van der Waals surface area (Å²) in [7, 11) is 0. The second kappa shape index (κ2) is 58.2. The highest BCUT2D eigenvalue weighted by Gasteiger charge is 2.19. The summed E-state index contributed by atoms with van der Waals surface area (Å²) in [6, 6.07) is 0. The predicted octanol–water partition coefficient (Wildman–Crippen LogP) is 20.4. The van der Waals surface area contributed by atoms with Gasteiger partial charge in [0.05, 0.1) is 0 Å². The van der Waals surface area contributed by atoms with E-state index in [1.165, 1.54) is 218 Å². The Bertz CT molecular complexity index is 1160. The first-order valence-corrected chi connectivity index (χ1v) is 30.5. The average molecular weight is 970 g/mol. The molecule has 0 aromatic heterocycles. The molecule has 404 valence electrons. The fourth-order valence-electron chi connectivity index (χ4n) is 9.00. The molecule has 69 heavy (non-hydrogen) atoms. The number of carbonyl (C=O) groups excluding carboxylic acids is 3. The smallest absolute Gasteiger partial charge is 0.306 e. The van der Waals surface area contributed by atoms with Gasteiger partial charge < -0.3 is 14.2 Å². The maximum Gasteiger partial charge on any atom is 0.306 e. The summed E-state index contributed by atoms with van der Waals surface area (Å²) >= 11 is 0. The molecule has 0 aliphatic carbocycles. The van der Waals surface area contributed by atoms with Crippen LogP contribution in [0.15, 0.2) is 36.5 Å². The molecule has 0 saturated heterocycles. The van der Waals surface area contributed by atoms with Crippen LogP contribution in [-0.2, 0) is 28.6 Å². The first-order valence-electron chi connectivity index (χ1n) is 30.5. The van der Waals surface area contributed by atoms with Gasteiger partial charge in [-0.05, 0) is 77.0 Å². The average Bonchev–Trinajstić information content (AvgIpc) is 3.35. The zero-order chi connectivity index (χ0) is 50.0. The van der Waals surface area contributed by atoms with Crippen molar-refractivity contribution in [1.29, 1.82) is 0 Å². The molecule has 0 N–H and O–H groups in total. The highest BCUT2D eigenvalue weighted by Crippen LogP contribution is 2.17. The van der Waals surface area contributed by atoms with Crippen LogP contribution in [0.25, 0.3) is 0 Å². The van der Waals surface area contributed by atoms with Crippen molar-refractivity contribution < 1.29 is 28.6 Å². The minimum Gasteiger partial charge on any atom is -0.462 e. The number of hydrogen-bond acceptors (Lipinski definition) is 6. The highest BCUT2D eigenvalue weighted by molar-refractivity contribution is 5.71. The Hall–Kier alpha value is -2.37. The van der Waals surface area contributed by atoms with E-state index in [2.05, 4.69) is 57.2 Å². The first-order chi connectivity index (χ1) is 34.0. The lowest BCUT2D eigenvalue weighted by Crippen LogP contribution is -2.30. The number of rotatable bonds is 56. The maximum absolute atomic E-state index is 12.9. The van der Waals surface area contributed by atoms with Crippen LogP contribution in [0.4, 0.5) is 0 Å². The summed E-state index contributed by atoms with van der Waals surface area (Å²) in [6.07, 6.45) is 69.9. The van der Waals surface area contributed by atoms with Gasteiger partial charge in [-0.25, -0.2) is 0 Å². The monoisotopic (exact) mass is 969 g/mol. The predicted molar refractivity (Wildman–Crippen MR) is 298 cm³/mol. The van der Waals surface area contributed by atoms with Gasteiger partial charge in [0.2, 0.25) is 0 Å². The fourth-order valence-corrected chi connectivity index (χ4v) is 9.00. The molecule has 0 aromatic carbocycles. The Morgan fingerprint density at radius 1 is 0.290 bits per heavy atom. The van der Waals surface area contributed by atoms with Crippen molar-refractivity contribution in [3.8, 4) is 0 Å². The van der Waals surface area contributed by atoms with Crippen LogP contribution < -0.4 is 0 Å². The topological polar surface area (TPSA) is 78.9 Å². The molecule has 0 bridgehead atoms. The quantitative estimate of drug-likeness (QED) is 0.0261. The summed E-state index contributed by atoms with van der Waals surface area (Å²) in [5.41, 5.74) is 0. The lowest BCUT2D eigenvalue weighted by molar-refractivity contribution is -0.167. The van der Waals surface area contributed by atoms with E-state index in [-0.39, 0.29) is 31.1 Å². The molecule has 0 spiro atoms. The van der Waals surface area contributed by atoms with Gasteiger partial charge in [0.1, 0.15) is 13.2 Å². The molecule has 0 radical (unpaired) electrons. The number of allylic oxidation sites excluding steroid dienone is 6. The molecular weight excluding hydrogens is 853 g/mol. The third-order valence-corrected chi connectivity index (χ3v) is 13.6. The molecule has 6 heteroatoms. The minimum absolute atomic E-state index is 0.0732. The van der Waals surface area contributed by atoms with E-state index >= 15 is 0 Å². The third kappa shape index (κ3) is 56.4. The fraction of sp³-hybridized carbons (Fsp3) is 0.857. The zero-order valence-electron chi connectivity index (χ0n) is 46.3. The Morgan fingerprint density at radius 2 is 0.522 bits per heavy atom. The number of carbonyl (C=O) groups is 3. The van der Waals surface area contributed by atoms with Crippen molar-refractivity contribution in [2.45, 2.75) is 335 Å². The molecular formula is C63H116O6. The molecule has 0 rings (SSSR count). The van der Waals surface area contributed by atoms with Gasteiger partial charge in [-0.3, -0.25) is 14.4 Å². The normalized spacial score (nSPS) is 12.2. The minimum atomic E-state index is -0.774. The molecule has 1 atom stereocenters. The first kappa shape index (κ1) is 66.6. The summed E-state index contributed by atoms with van der Waals surface area (Å²) < 4.78 is 16.9. The van der Waals surface area contributed by atoms with E-state index in [9.17, 15) is 14.4 Å². The maximum atomic E-state index is 12.9. The molecule has 0 fully saturated rings. The molecule has 0 saturated carbocycles. The van der Waals surface area contributed by atoms with Gasteiger partial charge in [0.25, 0.3) is 0 Å². The van der Waals surface area contributed by atoms with Crippen molar-refractivity contribution in [2.75, 3.05) is 13.2 Å². The number of unbranched alkanes of at least 4 members (excludes halogenated alkanes) is 39. The molecule has 0 aromatic rings. The van der Waals surface area contributed by atoms with E-state index < -0.39 is 6.10 Å². The van der Waals surface area contributed by atoms with Gasteiger partial charge in [0.15, 0.2) is 6.10 Å². The molecule has 0 aliphatic rings. The summed E-state index contributed by atoms with van der Waals surface area (Å²) in [5, 5.41) is 0. The lowest BCUT2D eigenvalue weighted by Gasteiger charge is -2.18. The molecule has 6 nitrogen and oxygen atoms in total. The number of esters is 3. The second-order valence-electron chi connectivity index (χ2n) is 20.6. The van der Waals surface area contributed by atoms with E-state index in [1.807, 2.05) is 0 Å². The summed E-state index contributed by atoms with van der Waals surface area (Å²) in [4.78, 5) is 38.2. The van der Waals surface area contributed by atoms with Crippen LogP contribution in [-0.4, -0.2) is 37.2 Å². The summed E-state index contributed by atoms with van der Waals surface area (Å²) in [5.74, 6) is -0.864. The number of hydrogen-bond donors (Lipinski definition) is 0. The van der Waals surface area contributed by atoms with Crippen LogP contribution in [0.2, 0.25) is 0 Å². The molecule has 0 aliphatic heterocycles. The van der Waals surface area contributed by atoms with Gasteiger partial charge >= 0.3 is 17.9 Å². The molecule has 0 heterocycles.